The van der Waals surface area contributed by atoms with E-state index in [-0.39, 0.29) is 57.7 Å². The molecular formula is C83H116O11. The van der Waals surface area contributed by atoms with E-state index >= 15 is 0 Å². The summed E-state index contributed by atoms with van der Waals surface area (Å²) in [5.74, 6) is 20.1. The van der Waals surface area contributed by atoms with E-state index in [0.29, 0.717) is 64.1 Å². The van der Waals surface area contributed by atoms with Gasteiger partial charge in [0, 0.05) is 58.6 Å². The first-order valence-corrected chi connectivity index (χ1v) is 37.8. The molecule has 0 aromatic rings. The Morgan fingerprint density at radius 2 is 0.851 bits per heavy atom. The number of ether oxygens (including phenoxy) is 6. The monoisotopic (exact) mass is 1290 g/mol. The van der Waals surface area contributed by atoms with E-state index in [9.17, 15) is 24.0 Å². The first kappa shape index (κ1) is 66.7. The van der Waals surface area contributed by atoms with Gasteiger partial charge in [-0.15, -0.1) is 0 Å². The summed E-state index contributed by atoms with van der Waals surface area (Å²) in [5, 5.41) is 0. The summed E-state index contributed by atoms with van der Waals surface area (Å²) in [6.45, 7) is 38.6. The Kier molecular flexibility index (Phi) is 16.9. The fourth-order valence-electron chi connectivity index (χ4n) is 27.6. The van der Waals surface area contributed by atoms with E-state index in [4.69, 9.17) is 28.4 Å². The molecule has 11 heteroatoms. The quantitative estimate of drug-likeness (QED) is 0.0539. The van der Waals surface area contributed by atoms with Crippen molar-refractivity contribution < 1.29 is 52.4 Å². The van der Waals surface area contributed by atoms with Crippen LogP contribution in [-0.4, -0.2) is 71.6 Å². The van der Waals surface area contributed by atoms with Gasteiger partial charge in [-0.1, -0.05) is 71.0 Å². The second kappa shape index (κ2) is 23.9. The standard InChI is InChI=1S/C20H28O2.C17H24O2.C17H22O2.C15H22O2.C14H20O3/c1-4-20(22-19(21)10(2)3)9-11-7-16(20)18-15-8-14(17(11)18)12-5-6-13(12)15;2*1-9(2)16(18)19-17(3)8-12-7-13(17)15-11-5-4-10(6-11)14(12)15;1-4-15(17-14(16)9(2)3)8-10-7-13(15)12-6-5-11(10)12;1-10(2)12(15)17-13(3)7-11-5-6-14(13,8-11)9-16-4/h11-18H,2,4-9H2,1,3H3;10-15H,1,4-8H2,2-3H3;4-5,10-15H,1,6-8H2,2-3H3;10-13H,2,4-8H2,1,3H3;5-6,11H,1,7-9H2,2-4H3. The molecule has 31 atom stereocenters. The largest absolute Gasteiger partial charge is 0.456 e. The zero-order chi connectivity index (χ0) is 66.8. The molecule has 0 heterocycles. The molecule has 0 aliphatic heterocycles. The average molecular weight is 1290 g/mol. The summed E-state index contributed by atoms with van der Waals surface area (Å²) in [5.41, 5.74) is 1.23. The van der Waals surface area contributed by atoms with Gasteiger partial charge in [-0.05, 0) is 315 Å². The Morgan fingerprint density at radius 1 is 0.394 bits per heavy atom. The molecule has 514 valence electrons. The summed E-state index contributed by atoms with van der Waals surface area (Å²) < 4.78 is 34.7. The molecule has 0 amide bonds. The second-order valence-electron chi connectivity index (χ2n) is 36.0. The third kappa shape index (κ3) is 10.3. The van der Waals surface area contributed by atoms with Crippen LogP contribution in [-0.2, 0) is 52.4 Å². The Balaban J connectivity index is 0.000000102. The molecule has 16 saturated carbocycles. The van der Waals surface area contributed by atoms with Gasteiger partial charge < -0.3 is 28.4 Å². The van der Waals surface area contributed by atoms with Crippen LogP contribution in [0.5, 0.6) is 0 Å². The van der Waals surface area contributed by atoms with Crippen LogP contribution >= 0.6 is 0 Å². The summed E-state index contributed by atoms with van der Waals surface area (Å²) in [6.07, 6.45) is 35.7. The summed E-state index contributed by atoms with van der Waals surface area (Å²) in [6, 6.07) is 0. The molecule has 0 N–H and O–H groups in total. The molecule has 0 aromatic heterocycles. The van der Waals surface area contributed by atoms with Gasteiger partial charge in [0.25, 0.3) is 0 Å². The predicted molar refractivity (Wildman–Crippen MR) is 363 cm³/mol. The van der Waals surface area contributed by atoms with E-state index in [2.05, 4.69) is 84.9 Å². The Morgan fingerprint density at radius 3 is 1.37 bits per heavy atom. The number of hydrogen-bond acceptors (Lipinski definition) is 11. The minimum absolute atomic E-state index is 0.151. The van der Waals surface area contributed by atoms with Crippen LogP contribution in [0, 0.1) is 153 Å². The van der Waals surface area contributed by atoms with Crippen molar-refractivity contribution in [2.45, 2.75) is 232 Å². The minimum atomic E-state index is -0.460. The zero-order valence-corrected chi connectivity index (χ0v) is 59.3. The molecule has 16 bridgehead atoms. The number of allylic oxidation sites excluding steroid dienone is 3. The van der Waals surface area contributed by atoms with Crippen molar-refractivity contribution in [2.24, 2.45) is 153 Å². The molecule has 11 nitrogen and oxygen atoms in total. The normalized spacial score (nSPS) is 49.9. The van der Waals surface area contributed by atoms with E-state index in [1.807, 2.05) is 6.92 Å². The molecule has 0 aromatic carbocycles. The van der Waals surface area contributed by atoms with Crippen molar-refractivity contribution in [2.75, 3.05) is 13.7 Å². The molecule has 18 aliphatic carbocycles. The van der Waals surface area contributed by atoms with E-state index in [1.165, 1.54) is 83.5 Å². The molecule has 18 aliphatic rings. The number of fused-ring (bicyclic) bond motifs is 37. The smallest absolute Gasteiger partial charge is 0.333 e. The highest BCUT2D eigenvalue weighted by Gasteiger charge is 2.74. The van der Waals surface area contributed by atoms with Crippen LogP contribution in [0.3, 0.4) is 0 Å². The molecule has 0 saturated heterocycles. The van der Waals surface area contributed by atoms with Crippen molar-refractivity contribution in [1.29, 1.82) is 0 Å². The summed E-state index contributed by atoms with van der Waals surface area (Å²) in [7, 11) is 1.69. The lowest BCUT2D eigenvalue weighted by Crippen LogP contribution is -2.51. The minimum Gasteiger partial charge on any atom is -0.456 e. The van der Waals surface area contributed by atoms with Gasteiger partial charge >= 0.3 is 29.8 Å². The summed E-state index contributed by atoms with van der Waals surface area (Å²) in [4.78, 5) is 59.6. The maximum absolute atomic E-state index is 12.2. The number of hydrogen-bond donors (Lipinski definition) is 0. The van der Waals surface area contributed by atoms with Crippen molar-refractivity contribution in [3.05, 3.63) is 85.1 Å². The Hall–Kier alpha value is -4.51. The Bertz CT molecular complexity index is 3220. The van der Waals surface area contributed by atoms with Crippen molar-refractivity contribution in [1.82, 2.24) is 0 Å². The maximum atomic E-state index is 12.2. The van der Waals surface area contributed by atoms with Gasteiger partial charge in [-0.25, -0.2) is 24.0 Å². The number of esters is 5. The van der Waals surface area contributed by atoms with E-state index < -0.39 is 5.60 Å². The third-order valence-corrected chi connectivity index (χ3v) is 31.2. The average Bonchev–Trinajstić information content (AvgIpc) is 1.51. The van der Waals surface area contributed by atoms with E-state index in [1.54, 1.807) is 41.7 Å². The zero-order valence-electron chi connectivity index (χ0n) is 59.3. The summed E-state index contributed by atoms with van der Waals surface area (Å²) >= 11 is 0. The highest BCUT2D eigenvalue weighted by atomic mass is 16.6. The lowest BCUT2D eigenvalue weighted by molar-refractivity contribution is -0.171. The molecule has 31 unspecified atom stereocenters. The fourth-order valence-corrected chi connectivity index (χ4v) is 27.6. The van der Waals surface area contributed by atoms with Crippen molar-refractivity contribution >= 4 is 29.8 Å². The molecule has 0 spiro atoms. The second-order valence-corrected chi connectivity index (χ2v) is 36.0. The van der Waals surface area contributed by atoms with Gasteiger partial charge in [-0.3, -0.25) is 0 Å². The van der Waals surface area contributed by atoms with Crippen LogP contribution in [0.25, 0.3) is 0 Å². The molecular weight excluding hydrogens is 1170 g/mol. The van der Waals surface area contributed by atoms with Crippen LogP contribution in [0.15, 0.2) is 85.1 Å². The number of carbonyl (C=O) groups is 5. The van der Waals surface area contributed by atoms with Crippen LogP contribution in [0.4, 0.5) is 0 Å². The van der Waals surface area contributed by atoms with Crippen LogP contribution < -0.4 is 0 Å². The van der Waals surface area contributed by atoms with Gasteiger partial charge in [0.15, 0.2) is 0 Å². The molecule has 16 fully saturated rings. The maximum Gasteiger partial charge on any atom is 0.333 e. The van der Waals surface area contributed by atoms with E-state index in [0.717, 1.165) is 170 Å². The van der Waals surface area contributed by atoms with Crippen molar-refractivity contribution in [3.8, 4) is 0 Å². The molecule has 94 heavy (non-hydrogen) atoms. The highest BCUT2D eigenvalue weighted by Crippen LogP contribution is 2.77. The predicted octanol–water partition coefficient (Wildman–Crippen LogP) is 16.9. The Labute approximate surface area is 563 Å². The lowest BCUT2D eigenvalue weighted by atomic mass is 9.54. The number of methoxy groups -OCH3 is 1. The molecule has 0 radical (unpaired) electrons. The van der Waals surface area contributed by atoms with Crippen LogP contribution in [0.2, 0.25) is 0 Å². The highest BCUT2D eigenvalue weighted by molar-refractivity contribution is 5.89. The first-order chi connectivity index (χ1) is 44.5. The third-order valence-electron chi connectivity index (χ3n) is 31.2. The fraction of sp³-hybridized carbons (Fsp3) is 0.771. The molecule has 18 rings (SSSR count). The lowest BCUT2D eigenvalue weighted by Gasteiger charge is -2.52. The van der Waals surface area contributed by atoms with Gasteiger partial charge in [0.1, 0.15) is 28.0 Å². The van der Waals surface area contributed by atoms with Crippen molar-refractivity contribution in [3.63, 3.8) is 0 Å². The first-order valence-electron chi connectivity index (χ1n) is 37.8. The SMILES string of the molecule is C=C(C)C(=O)OC1(C)CC2C=CC1(COC)C2.C=C(C)C(=O)OC1(C)CC2CC1C1C3C=CC(C3)C21.C=C(C)C(=O)OC1(C)CC2CC1C1C3CCC(C3)C21.C=C(C)C(=O)OC1(CC)CC2CC1C1C3CC(C4CCC43)C21.C=C(C)C(=O)OC1(CC)CC2CC1C1CCC21. The topological polar surface area (TPSA) is 141 Å². The number of carbonyl (C=O) groups excluding carboxylic acids is 5. The van der Waals surface area contributed by atoms with Gasteiger partial charge in [0.2, 0.25) is 0 Å². The van der Waals surface area contributed by atoms with Crippen LogP contribution in [0.1, 0.15) is 204 Å². The number of rotatable bonds is 14. The van der Waals surface area contributed by atoms with Gasteiger partial charge in [0.05, 0.1) is 12.0 Å². The van der Waals surface area contributed by atoms with Gasteiger partial charge in [-0.2, -0.15) is 0 Å².